The molecule has 0 unspecified atom stereocenters. The molecule has 0 fully saturated rings. The minimum Gasteiger partial charge on any atom is -0.457 e. The molecule has 0 spiro atoms. The fraction of sp³-hybridized carbons (Fsp3) is 0.105. The highest BCUT2D eigenvalue weighted by Gasteiger charge is 2.11. The van der Waals surface area contributed by atoms with Gasteiger partial charge >= 0.3 is 5.97 Å². The fourth-order valence-electron chi connectivity index (χ4n) is 2.19. The third kappa shape index (κ3) is 4.90. The van der Waals surface area contributed by atoms with E-state index < -0.39 is 18.5 Å². The summed E-state index contributed by atoms with van der Waals surface area (Å²) in [5, 5.41) is 2.55. The molecule has 1 amide bonds. The summed E-state index contributed by atoms with van der Waals surface area (Å²) < 4.78 is 10.6. The van der Waals surface area contributed by atoms with Crippen molar-refractivity contribution in [3.05, 3.63) is 65.7 Å². The summed E-state index contributed by atoms with van der Waals surface area (Å²) in [6, 6.07) is 17.1. The maximum atomic E-state index is 11.6. The Kier molecular flexibility index (Phi) is 5.60. The van der Waals surface area contributed by atoms with Crippen LogP contribution in [0.1, 0.15) is 5.69 Å². The number of hydrogen-bond donors (Lipinski definition) is 1. The average molecular weight is 368 g/mol. The van der Waals surface area contributed by atoms with Crippen LogP contribution in [0.4, 0.5) is 0 Å². The number of rotatable bonds is 7. The molecular weight excluding hydrogens is 352 g/mol. The number of primary amides is 1. The van der Waals surface area contributed by atoms with E-state index in [9.17, 15) is 9.59 Å². The van der Waals surface area contributed by atoms with Crippen LogP contribution in [0.3, 0.4) is 0 Å². The lowest BCUT2D eigenvalue weighted by atomic mass is 10.2. The highest BCUT2D eigenvalue weighted by Crippen LogP contribution is 2.29. The monoisotopic (exact) mass is 368 g/mol. The number of thiazole rings is 1. The van der Waals surface area contributed by atoms with Gasteiger partial charge in [-0.05, 0) is 24.3 Å². The molecule has 6 nitrogen and oxygen atoms in total. The molecule has 0 atom stereocenters. The van der Waals surface area contributed by atoms with Crippen molar-refractivity contribution in [2.45, 2.75) is 6.42 Å². The van der Waals surface area contributed by atoms with Crippen LogP contribution < -0.4 is 10.5 Å². The lowest BCUT2D eigenvalue weighted by Crippen LogP contribution is -2.21. The molecule has 0 saturated heterocycles. The summed E-state index contributed by atoms with van der Waals surface area (Å²) in [5.41, 5.74) is 6.41. The highest BCUT2D eigenvalue weighted by atomic mass is 32.1. The van der Waals surface area contributed by atoms with Crippen LogP contribution in [0.15, 0.2) is 60.0 Å². The van der Waals surface area contributed by atoms with Gasteiger partial charge < -0.3 is 15.2 Å². The number of esters is 1. The van der Waals surface area contributed by atoms with Crippen LogP contribution >= 0.6 is 11.3 Å². The van der Waals surface area contributed by atoms with Gasteiger partial charge in [-0.2, -0.15) is 0 Å². The second kappa shape index (κ2) is 8.26. The Bertz CT molecular complexity index is 909. The minimum atomic E-state index is -0.687. The zero-order valence-corrected chi connectivity index (χ0v) is 14.6. The van der Waals surface area contributed by atoms with E-state index in [2.05, 4.69) is 4.98 Å². The van der Waals surface area contributed by atoms with Gasteiger partial charge in [0.05, 0.1) is 12.1 Å². The number of para-hydroxylation sites is 1. The quantitative estimate of drug-likeness (QED) is 0.647. The molecule has 3 rings (SSSR count). The molecule has 2 aromatic carbocycles. The first kappa shape index (κ1) is 17.6. The SMILES string of the molecule is NC(=O)COC(=O)Cc1csc(-c2cccc(Oc3ccccc3)c2)n1. The molecule has 0 aliphatic carbocycles. The van der Waals surface area contributed by atoms with Gasteiger partial charge in [-0.3, -0.25) is 9.59 Å². The van der Waals surface area contributed by atoms with Crippen molar-refractivity contribution in [1.82, 2.24) is 4.98 Å². The summed E-state index contributed by atoms with van der Waals surface area (Å²) in [4.78, 5) is 26.7. The van der Waals surface area contributed by atoms with Gasteiger partial charge in [0, 0.05) is 10.9 Å². The zero-order chi connectivity index (χ0) is 18.4. The van der Waals surface area contributed by atoms with Crippen molar-refractivity contribution in [3.8, 4) is 22.1 Å². The van der Waals surface area contributed by atoms with Gasteiger partial charge in [0.2, 0.25) is 0 Å². The van der Waals surface area contributed by atoms with E-state index >= 15 is 0 Å². The standard InChI is InChI=1S/C19H16N2O4S/c20-17(22)11-24-18(23)10-14-12-26-19(21-14)13-5-4-8-16(9-13)25-15-6-2-1-3-7-15/h1-9,12H,10-11H2,(H2,20,22). The Hall–Kier alpha value is -3.19. The fourth-order valence-corrected chi connectivity index (χ4v) is 3.01. The van der Waals surface area contributed by atoms with Crippen LogP contribution in [-0.4, -0.2) is 23.5 Å². The number of benzene rings is 2. The van der Waals surface area contributed by atoms with E-state index in [1.807, 2.05) is 54.6 Å². The molecule has 0 bridgehead atoms. The van der Waals surface area contributed by atoms with E-state index in [4.69, 9.17) is 15.2 Å². The number of ether oxygens (including phenoxy) is 2. The van der Waals surface area contributed by atoms with Crippen LogP contribution in [0.2, 0.25) is 0 Å². The molecule has 0 aliphatic rings. The van der Waals surface area contributed by atoms with Gasteiger partial charge in [0.15, 0.2) is 6.61 Å². The Labute approximate surface area is 154 Å². The predicted molar refractivity (Wildman–Crippen MR) is 97.9 cm³/mol. The second-order valence-corrected chi connectivity index (χ2v) is 6.25. The zero-order valence-electron chi connectivity index (χ0n) is 13.8. The van der Waals surface area contributed by atoms with E-state index in [1.54, 1.807) is 5.38 Å². The van der Waals surface area contributed by atoms with Crippen molar-refractivity contribution >= 4 is 23.2 Å². The molecule has 0 radical (unpaired) electrons. The number of carbonyl (C=O) groups is 2. The van der Waals surface area contributed by atoms with Crippen LogP contribution in [-0.2, 0) is 20.7 Å². The molecular formula is C19H16N2O4S. The number of carbonyl (C=O) groups excluding carboxylic acids is 2. The summed E-state index contributed by atoms with van der Waals surface area (Å²) in [6.07, 6.45) is -0.00993. The minimum absolute atomic E-state index is 0.00993. The first-order chi connectivity index (χ1) is 12.6. The van der Waals surface area contributed by atoms with Crippen LogP contribution in [0, 0.1) is 0 Å². The van der Waals surface area contributed by atoms with Crippen molar-refractivity contribution in [2.75, 3.05) is 6.61 Å². The number of aromatic nitrogens is 1. The Morgan fingerprint density at radius 2 is 1.81 bits per heavy atom. The summed E-state index contributed by atoms with van der Waals surface area (Å²) in [7, 11) is 0. The molecule has 0 aliphatic heterocycles. The molecule has 3 aromatic rings. The lowest BCUT2D eigenvalue weighted by Gasteiger charge is -2.06. The van der Waals surface area contributed by atoms with Gasteiger partial charge in [-0.15, -0.1) is 11.3 Å². The average Bonchev–Trinajstić information content (AvgIpc) is 3.09. The Balaban J connectivity index is 1.68. The van der Waals surface area contributed by atoms with E-state index in [0.717, 1.165) is 16.3 Å². The molecule has 2 N–H and O–H groups in total. The van der Waals surface area contributed by atoms with E-state index in [0.29, 0.717) is 11.4 Å². The number of hydrogen-bond acceptors (Lipinski definition) is 6. The third-order valence-corrected chi connectivity index (χ3v) is 4.25. The van der Waals surface area contributed by atoms with Gasteiger partial charge in [0.25, 0.3) is 5.91 Å². The van der Waals surface area contributed by atoms with Crippen LogP contribution in [0.5, 0.6) is 11.5 Å². The summed E-state index contributed by atoms with van der Waals surface area (Å²) >= 11 is 1.42. The first-order valence-electron chi connectivity index (χ1n) is 7.82. The number of nitrogens with two attached hydrogens (primary N) is 1. The van der Waals surface area contributed by atoms with Crippen molar-refractivity contribution < 1.29 is 19.1 Å². The first-order valence-corrected chi connectivity index (χ1v) is 8.70. The molecule has 132 valence electrons. The maximum Gasteiger partial charge on any atom is 0.312 e. The van der Waals surface area contributed by atoms with Crippen molar-refractivity contribution in [3.63, 3.8) is 0 Å². The molecule has 0 saturated carbocycles. The van der Waals surface area contributed by atoms with Gasteiger partial charge in [-0.1, -0.05) is 30.3 Å². The van der Waals surface area contributed by atoms with E-state index in [1.165, 1.54) is 11.3 Å². The third-order valence-electron chi connectivity index (χ3n) is 3.31. The molecule has 1 heterocycles. The Morgan fingerprint density at radius 3 is 2.58 bits per heavy atom. The van der Waals surface area contributed by atoms with Crippen molar-refractivity contribution in [2.24, 2.45) is 5.73 Å². The van der Waals surface area contributed by atoms with Crippen LogP contribution in [0.25, 0.3) is 10.6 Å². The summed E-state index contributed by atoms with van der Waals surface area (Å²) in [5.74, 6) is 0.224. The topological polar surface area (TPSA) is 91.5 Å². The van der Waals surface area contributed by atoms with Gasteiger partial charge in [0.1, 0.15) is 16.5 Å². The lowest BCUT2D eigenvalue weighted by molar-refractivity contribution is -0.147. The largest absolute Gasteiger partial charge is 0.457 e. The second-order valence-electron chi connectivity index (χ2n) is 5.39. The molecule has 26 heavy (non-hydrogen) atoms. The highest BCUT2D eigenvalue weighted by molar-refractivity contribution is 7.13. The predicted octanol–water partition coefficient (Wildman–Crippen LogP) is 3.17. The molecule has 7 heteroatoms. The molecule has 1 aromatic heterocycles. The van der Waals surface area contributed by atoms with Crippen molar-refractivity contribution in [1.29, 1.82) is 0 Å². The number of amides is 1. The Morgan fingerprint density at radius 1 is 1.04 bits per heavy atom. The van der Waals surface area contributed by atoms with E-state index in [-0.39, 0.29) is 6.42 Å². The van der Waals surface area contributed by atoms with Gasteiger partial charge in [-0.25, -0.2) is 4.98 Å². The number of nitrogens with zero attached hydrogens (tertiary/aromatic N) is 1. The summed E-state index contributed by atoms with van der Waals surface area (Å²) in [6.45, 7) is -0.422. The normalized spacial score (nSPS) is 10.3. The smallest absolute Gasteiger partial charge is 0.312 e. The maximum absolute atomic E-state index is 11.6.